The first-order valence-electron chi connectivity index (χ1n) is 3.03. The normalized spacial score (nSPS) is 23.8. The molecule has 0 radical (unpaired) electrons. The van der Waals surface area contributed by atoms with Gasteiger partial charge in [0.1, 0.15) is 18.5 Å². The first kappa shape index (κ1) is 7.70. The standard InChI is InChI=1S/C5H5N3S3/c1-4(10-11-9-1)5-7-2-6-3-8-5/h2-4H,1H2. The zero-order chi connectivity index (χ0) is 7.52. The summed E-state index contributed by atoms with van der Waals surface area (Å²) in [5, 5.41) is 0.452. The molecule has 3 nitrogen and oxygen atoms in total. The molecule has 0 spiro atoms. The van der Waals surface area contributed by atoms with Crippen LogP contribution in [0.25, 0.3) is 0 Å². The zero-order valence-electron chi connectivity index (χ0n) is 5.51. The molecule has 1 aliphatic heterocycles. The van der Waals surface area contributed by atoms with Crippen molar-refractivity contribution in [2.45, 2.75) is 5.25 Å². The molecule has 1 atom stereocenters. The highest BCUT2D eigenvalue weighted by Crippen LogP contribution is 2.53. The van der Waals surface area contributed by atoms with Crippen molar-refractivity contribution in [1.29, 1.82) is 0 Å². The van der Waals surface area contributed by atoms with Gasteiger partial charge in [-0.1, -0.05) is 21.6 Å². The zero-order valence-corrected chi connectivity index (χ0v) is 7.96. The molecule has 11 heavy (non-hydrogen) atoms. The predicted octanol–water partition coefficient (Wildman–Crippen LogP) is 1.96. The first-order valence-corrected chi connectivity index (χ1v) is 6.75. The summed E-state index contributed by atoms with van der Waals surface area (Å²) in [6.45, 7) is 0. The summed E-state index contributed by atoms with van der Waals surface area (Å²) < 4.78 is 0. The molecular formula is C5H5N3S3. The summed E-state index contributed by atoms with van der Waals surface area (Å²) >= 11 is 0. The summed E-state index contributed by atoms with van der Waals surface area (Å²) in [5.41, 5.74) is 0. The van der Waals surface area contributed by atoms with Crippen LogP contribution in [0.1, 0.15) is 11.1 Å². The Kier molecular flexibility index (Phi) is 2.55. The minimum absolute atomic E-state index is 0.452. The van der Waals surface area contributed by atoms with E-state index in [2.05, 4.69) is 15.0 Å². The molecule has 1 aromatic heterocycles. The second-order valence-corrected chi connectivity index (χ2v) is 6.32. The Morgan fingerprint density at radius 2 is 2.18 bits per heavy atom. The van der Waals surface area contributed by atoms with Crippen molar-refractivity contribution in [3.05, 3.63) is 18.5 Å². The smallest absolute Gasteiger partial charge is 0.146 e. The van der Waals surface area contributed by atoms with Gasteiger partial charge in [0.15, 0.2) is 0 Å². The molecule has 1 aromatic rings. The van der Waals surface area contributed by atoms with Crippen molar-refractivity contribution >= 4 is 31.4 Å². The van der Waals surface area contributed by atoms with Crippen molar-refractivity contribution in [1.82, 2.24) is 15.0 Å². The monoisotopic (exact) mass is 203 g/mol. The van der Waals surface area contributed by atoms with E-state index in [0.717, 1.165) is 11.6 Å². The van der Waals surface area contributed by atoms with Crippen molar-refractivity contribution in [2.75, 3.05) is 5.75 Å². The van der Waals surface area contributed by atoms with Crippen molar-refractivity contribution in [2.24, 2.45) is 0 Å². The Bertz CT molecular complexity index is 224. The molecule has 0 amide bonds. The Hall–Kier alpha value is 0.0600. The van der Waals surface area contributed by atoms with Crippen LogP contribution < -0.4 is 0 Å². The molecule has 0 N–H and O–H groups in total. The average molecular weight is 203 g/mol. The lowest BCUT2D eigenvalue weighted by atomic mass is 10.4. The minimum Gasteiger partial charge on any atom is -0.225 e. The van der Waals surface area contributed by atoms with Crippen molar-refractivity contribution < 1.29 is 0 Å². The Morgan fingerprint density at radius 3 is 2.82 bits per heavy atom. The molecule has 58 valence electrons. The maximum atomic E-state index is 4.09. The van der Waals surface area contributed by atoms with E-state index in [9.17, 15) is 0 Å². The number of hydrogen-bond acceptors (Lipinski definition) is 6. The summed E-state index contributed by atoms with van der Waals surface area (Å²) in [5.74, 6) is 2.00. The van der Waals surface area contributed by atoms with Crippen LogP contribution in [0.2, 0.25) is 0 Å². The van der Waals surface area contributed by atoms with Gasteiger partial charge in [-0.05, 0) is 9.83 Å². The molecule has 0 saturated carbocycles. The van der Waals surface area contributed by atoms with E-state index in [0.29, 0.717) is 5.25 Å². The van der Waals surface area contributed by atoms with Crippen LogP contribution in [0.15, 0.2) is 12.7 Å². The van der Waals surface area contributed by atoms with Crippen LogP contribution in [0.5, 0.6) is 0 Å². The van der Waals surface area contributed by atoms with Gasteiger partial charge in [0.05, 0.1) is 5.25 Å². The van der Waals surface area contributed by atoms with Crippen LogP contribution in [-0.4, -0.2) is 20.7 Å². The Balaban J connectivity index is 2.16. The van der Waals surface area contributed by atoms with Crippen LogP contribution >= 0.6 is 31.4 Å². The fourth-order valence-corrected chi connectivity index (χ4v) is 5.73. The molecule has 0 bridgehead atoms. The van der Waals surface area contributed by atoms with E-state index in [1.807, 2.05) is 31.4 Å². The first-order chi connectivity index (χ1) is 5.47. The summed E-state index contributed by atoms with van der Waals surface area (Å²) in [4.78, 5) is 12.0. The fourth-order valence-electron chi connectivity index (χ4n) is 0.725. The second-order valence-electron chi connectivity index (χ2n) is 1.93. The van der Waals surface area contributed by atoms with Crippen LogP contribution in [-0.2, 0) is 0 Å². The van der Waals surface area contributed by atoms with Gasteiger partial charge in [-0.2, -0.15) is 0 Å². The third-order valence-corrected chi connectivity index (χ3v) is 5.89. The summed E-state index contributed by atoms with van der Waals surface area (Å²) in [6.07, 6.45) is 3.10. The minimum atomic E-state index is 0.452. The fraction of sp³-hybridized carbons (Fsp3) is 0.400. The van der Waals surface area contributed by atoms with E-state index in [1.165, 1.54) is 0 Å². The Morgan fingerprint density at radius 1 is 1.36 bits per heavy atom. The van der Waals surface area contributed by atoms with Gasteiger partial charge in [0.2, 0.25) is 0 Å². The molecule has 6 heteroatoms. The topological polar surface area (TPSA) is 38.7 Å². The maximum Gasteiger partial charge on any atom is 0.146 e. The highest BCUT2D eigenvalue weighted by molar-refractivity contribution is 9.10. The molecule has 1 unspecified atom stereocenters. The highest BCUT2D eigenvalue weighted by atomic mass is 33.5. The molecule has 0 aromatic carbocycles. The van der Waals surface area contributed by atoms with E-state index < -0.39 is 0 Å². The molecular weight excluding hydrogens is 198 g/mol. The van der Waals surface area contributed by atoms with Gasteiger partial charge in [-0.25, -0.2) is 15.0 Å². The third-order valence-electron chi connectivity index (χ3n) is 1.22. The van der Waals surface area contributed by atoms with E-state index in [4.69, 9.17) is 0 Å². The largest absolute Gasteiger partial charge is 0.225 e. The van der Waals surface area contributed by atoms with E-state index in [-0.39, 0.29) is 0 Å². The lowest BCUT2D eigenvalue weighted by Gasteiger charge is -2.01. The molecule has 1 aliphatic rings. The van der Waals surface area contributed by atoms with Gasteiger partial charge in [-0.15, -0.1) is 0 Å². The molecule has 2 heterocycles. The molecule has 2 rings (SSSR count). The number of hydrogen-bond donors (Lipinski definition) is 0. The lowest BCUT2D eigenvalue weighted by molar-refractivity contribution is 0.893. The molecule has 1 saturated heterocycles. The third kappa shape index (κ3) is 1.80. The van der Waals surface area contributed by atoms with Crippen LogP contribution in [0, 0.1) is 0 Å². The quantitative estimate of drug-likeness (QED) is 0.650. The highest BCUT2D eigenvalue weighted by Gasteiger charge is 2.21. The summed E-state index contributed by atoms with van der Waals surface area (Å²) in [7, 11) is 5.49. The SMILES string of the molecule is c1ncnc(C2CSSS2)n1. The van der Waals surface area contributed by atoms with E-state index in [1.54, 1.807) is 12.7 Å². The summed E-state index contributed by atoms with van der Waals surface area (Å²) in [6, 6.07) is 0. The second kappa shape index (κ2) is 3.64. The number of rotatable bonds is 1. The van der Waals surface area contributed by atoms with Gasteiger partial charge in [0.25, 0.3) is 0 Å². The van der Waals surface area contributed by atoms with Crippen molar-refractivity contribution in [3.8, 4) is 0 Å². The Labute approximate surface area is 76.0 Å². The van der Waals surface area contributed by atoms with Crippen LogP contribution in [0.3, 0.4) is 0 Å². The van der Waals surface area contributed by atoms with E-state index >= 15 is 0 Å². The maximum absolute atomic E-state index is 4.09. The van der Waals surface area contributed by atoms with Gasteiger partial charge in [-0.3, -0.25) is 0 Å². The predicted molar refractivity (Wildman–Crippen MR) is 50.2 cm³/mol. The van der Waals surface area contributed by atoms with Crippen molar-refractivity contribution in [3.63, 3.8) is 0 Å². The van der Waals surface area contributed by atoms with Crippen LogP contribution in [0.4, 0.5) is 0 Å². The number of aromatic nitrogens is 3. The van der Waals surface area contributed by atoms with Gasteiger partial charge in [0, 0.05) is 5.75 Å². The van der Waals surface area contributed by atoms with Gasteiger partial charge < -0.3 is 0 Å². The van der Waals surface area contributed by atoms with Gasteiger partial charge >= 0.3 is 0 Å². The number of nitrogens with zero attached hydrogens (tertiary/aromatic N) is 3. The molecule has 0 aliphatic carbocycles. The average Bonchev–Trinajstić information content (AvgIpc) is 2.58. The lowest BCUT2D eigenvalue weighted by Crippen LogP contribution is -1.99. The molecule has 1 fully saturated rings.